The fourth-order valence-corrected chi connectivity index (χ4v) is 4.26. The Labute approximate surface area is 186 Å². The number of halogens is 1. The molecule has 1 aliphatic heterocycles. The van der Waals surface area contributed by atoms with Crippen LogP contribution in [0.4, 0.5) is 4.39 Å². The number of benzene rings is 2. The fraction of sp³-hybridized carbons (Fsp3) is 0.364. The molecule has 3 rings (SSSR count). The summed E-state index contributed by atoms with van der Waals surface area (Å²) in [6.07, 6.45) is 1.54. The van der Waals surface area contributed by atoms with Gasteiger partial charge in [0.2, 0.25) is 10.0 Å². The van der Waals surface area contributed by atoms with E-state index >= 15 is 0 Å². The number of piperidine rings is 1. The highest BCUT2D eigenvalue weighted by atomic mass is 32.2. The molecule has 1 amide bonds. The lowest BCUT2D eigenvalue weighted by atomic mass is 10.0. The minimum Gasteiger partial charge on any atom is -0.452 e. The topological polar surface area (TPSA) is 105 Å². The van der Waals surface area contributed by atoms with Crippen LogP contribution < -0.4 is 10.0 Å². The van der Waals surface area contributed by atoms with Crippen molar-refractivity contribution >= 4 is 21.9 Å². The first-order chi connectivity index (χ1) is 15.3. The number of likely N-dealkylation sites (tertiary alicyclic amines) is 1. The van der Waals surface area contributed by atoms with Crippen molar-refractivity contribution in [2.45, 2.75) is 30.3 Å². The molecule has 2 aromatic rings. The lowest BCUT2D eigenvalue weighted by Gasteiger charge is -2.32. The number of carbonyl (C=O) groups is 2. The number of amides is 1. The van der Waals surface area contributed by atoms with E-state index in [1.54, 1.807) is 0 Å². The summed E-state index contributed by atoms with van der Waals surface area (Å²) in [4.78, 5) is 26.4. The Bertz CT molecular complexity index is 1050. The van der Waals surface area contributed by atoms with Crippen LogP contribution in [0.3, 0.4) is 0 Å². The fourth-order valence-electron chi connectivity index (χ4n) is 3.50. The number of nitrogens with zero attached hydrogens (tertiary/aromatic N) is 1. The van der Waals surface area contributed by atoms with Crippen LogP contribution in [-0.4, -0.2) is 58.0 Å². The lowest BCUT2D eigenvalue weighted by molar-refractivity contribution is -0.125. The van der Waals surface area contributed by atoms with E-state index in [4.69, 9.17) is 4.74 Å². The maximum Gasteiger partial charge on any atom is 0.341 e. The van der Waals surface area contributed by atoms with Crippen molar-refractivity contribution in [2.75, 3.05) is 26.7 Å². The van der Waals surface area contributed by atoms with Gasteiger partial charge in [-0.25, -0.2) is 22.3 Å². The van der Waals surface area contributed by atoms with E-state index < -0.39 is 39.9 Å². The molecule has 0 unspecified atom stereocenters. The van der Waals surface area contributed by atoms with E-state index in [1.165, 1.54) is 12.6 Å². The van der Waals surface area contributed by atoms with Crippen LogP contribution in [0.5, 0.6) is 0 Å². The SMILES string of the molecule is CNS(=O)(=O)c1ccc(F)c(C(=O)OCC(=O)NC2CCN(Cc3ccccc3)CC2)c1. The predicted octanol–water partition coefficient (Wildman–Crippen LogP) is 1.67. The van der Waals surface area contributed by atoms with Crippen molar-refractivity contribution in [1.82, 2.24) is 14.9 Å². The van der Waals surface area contributed by atoms with Crippen molar-refractivity contribution in [3.8, 4) is 0 Å². The molecule has 8 nitrogen and oxygen atoms in total. The Morgan fingerprint density at radius 1 is 1.12 bits per heavy atom. The molecule has 1 aliphatic rings. The van der Waals surface area contributed by atoms with Crippen molar-refractivity contribution in [3.05, 3.63) is 65.5 Å². The molecule has 0 atom stereocenters. The normalized spacial score (nSPS) is 15.3. The van der Waals surface area contributed by atoms with E-state index in [0.717, 1.165) is 50.7 Å². The largest absolute Gasteiger partial charge is 0.452 e. The van der Waals surface area contributed by atoms with Crippen LogP contribution in [0.15, 0.2) is 53.4 Å². The van der Waals surface area contributed by atoms with Gasteiger partial charge in [0.05, 0.1) is 10.5 Å². The third-order valence-electron chi connectivity index (χ3n) is 5.27. The first kappa shape index (κ1) is 23.8. The molecular formula is C22H26FN3O5S. The van der Waals surface area contributed by atoms with Gasteiger partial charge in [0.15, 0.2) is 6.61 Å². The van der Waals surface area contributed by atoms with Gasteiger partial charge < -0.3 is 10.1 Å². The molecule has 172 valence electrons. The first-order valence-electron chi connectivity index (χ1n) is 10.2. The zero-order chi connectivity index (χ0) is 23.1. The third-order valence-corrected chi connectivity index (χ3v) is 6.68. The standard InChI is InChI=1S/C22H26FN3O5S/c1-24-32(29,30)18-7-8-20(23)19(13-18)22(28)31-15-21(27)25-17-9-11-26(12-10-17)14-16-5-3-2-4-6-16/h2-8,13,17,24H,9-12,14-15H2,1H3,(H,25,27). The van der Waals surface area contributed by atoms with Gasteiger partial charge >= 0.3 is 5.97 Å². The summed E-state index contributed by atoms with van der Waals surface area (Å²) >= 11 is 0. The molecule has 0 bridgehead atoms. The molecule has 0 aliphatic carbocycles. The molecule has 10 heteroatoms. The summed E-state index contributed by atoms with van der Waals surface area (Å²) < 4.78 is 44.7. The van der Waals surface area contributed by atoms with E-state index in [9.17, 15) is 22.4 Å². The summed E-state index contributed by atoms with van der Waals surface area (Å²) in [5, 5.41) is 2.83. The zero-order valence-corrected chi connectivity index (χ0v) is 18.5. The number of rotatable bonds is 8. The highest BCUT2D eigenvalue weighted by Gasteiger charge is 2.23. The highest BCUT2D eigenvalue weighted by Crippen LogP contribution is 2.16. The predicted molar refractivity (Wildman–Crippen MR) is 116 cm³/mol. The van der Waals surface area contributed by atoms with Crippen molar-refractivity contribution in [2.24, 2.45) is 0 Å². The highest BCUT2D eigenvalue weighted by molar-refractivity contribution is 7.89. The van der Waals surface area contributed by atoms with Gasteiger partial charge in [0, 0.05) is 25.7 Å². The maximum atomic E-state index is 14.0. The summed E-state index contributed by atoms with van der Waals surface area (Å²) in [5.41, 5.74) is 0.684. The number of hydrogen-bond donors (Lipinski definition) is 2. The second-order valence-corrected chi connectivity index (χ2v) is 9.42. The van der Waals surface area contributed by atoms with Gasteiger partial charge in [-0.15, -0.1) is 0 Å². The lowest BCUT2D eigenvalue weighted by Crippen LogP contribution is -2.45. The Balaban J connectivity index is 1.46. The molecule has 2 N–H and O–H groups in total. The van der Waals surface area contributed by atoms with E-state index in [0.29, 0.717) is 0 Å². The molecule has 1 saturated heterocycles. The Hall–Kier alpha value is -2.82. The Kier molecular flexibility index (Phi) is 7.94. The van der Waals surface area contributed by atoms with Gasteiger partial charge in [0.25, 0.3) is 5.91 Å². The monoisotopic (exact) mass is 463 g/mol. The second kappa shape index (κ2) is 10.7. The summed E-state index contributed by atoms with van der Waals surface area (Å²) in [7, 11) is -2.65. The van der Waals surface area contributed by atoms with E-state index in [-0.39, 0.29) is 10.9 Å². The number of esters is 1. The van der Waals surface area contributed by atoms with Gasteiger partial charge in [-0.1, -0.05) is 30.3 Å². The van der Waals surface area contributed by atoms with Crippen LogP contribution in [0, 0.1) is 5.82 Å². The molecule has 2 aromatic carbocycles. The Morgan fingerprint density at radius 3 is 2.47 bits per heavy atom. The number of nitrogens with one attached hydrogen (secondary N) is 2. The molecule has 1 heterocycles. The molecule has 32 heavy (non-hydrogen) atoms. The zero-order valence-electron chi connectivity index (χ0n) is 17.7. The van der Waals surface area contributed by atoms with Crippen molar-refractivity contribution in [1.29, 1.82) is 0 Å². The first-order valence-corrected chi connectivity index (χ1v) is 11.7. The quantitative estimate of drug-likeness (QED) is 0.577. The smallest absolute Gasteiger partial charge is 0.341 e. The van der Waals surface area contributed by atoms with Crippen molar-refractivity contribution in [3.63, 3.8) is 0 Å². The number of hydrogen-bond acceptors (Lipinski definition) is 6. The van der Waals surface area contributed by atoms with Gasteiger partial charge in [-0.3, -0.25) is 9.69 Å². The van der Waals surface area contributed by atoms with Gasteiger partial charge in [0.1, 0.15) is 5.82 Å². The van der Waals surface area contributed by atoms with Gasteiger partial charge in [-0.2, -0.15) is 0 Å². The van der Waals surface area contributed by atoms with Gasteiger partial charge in [-0.05, 0) is 43.7 Å². The average molecular weight is 464 g/mol. The number of ether oxygens (including phenoxy) is 1. The molecule has 0 spiro atoms. The number of carbonyl (C=O) groups excluding carboxylic acids is 2. The summed E-state index contributed by atoms with van der Waals surface area (Å²) in [5.74, 6) is -2.53. The minimum absolute atomic E-state index is 0.0333. The van der Waals surface area contributed by atoms with E-state index in [2.05, 4.69) is 27.1 Å². The van der Waals surface area contributed by atoms with E-state index in [1.807, 2.05) is 18.2 Å². The number of sulfonamides is 1. The van der Waals surface area contributed by atoms with Crippen LogP contribution >= 0.6 is 0 Å². The van der Waals surface area contributed by atoms with Crippen LogP contribution in [0.25, 0.3) is 0 Å². The van der Waals surface area contributed by atoms with Crippen LogP contribution in [0.1, 0.15) is 28.8 Å². The average Bonchev–Trinajstić information content (AvgIpc) is 2.79. The second-order valence-electron chi connectivity index (χ2n) is 7.53. The minimum atomic E-state index is -3.85. The molecular weight excluding hydrogens is 437 g/mol. The molecule has 0 radical (unpaired) electrons. The third kappa shape index (κ3) is 6.35. The molecule has 0 saturated carbocycles. The van der Waals surface area contributed by atoms with Crippen LogP contribution in [-0.2, 0) is 26.1 Å². The molecule has 0 aromatic heterocycles. The molecule has 1 fully saturated rings. The maximum absolute atomic E-state index is 14.0. The Morgan fingerprint density at radius 2 is 1.81 bits per heavy atom. The van der Waals surface area contributed by atoms with Crippen molar-refractivity contribution < 1.29 is 27.1 Å². The summed E-state index contributed by atoms with van der Waals surface area (Å²) in [6, 6.07) is 12.9. The van der Waals surface area contributed by atoms with Crippen LogP contribution in [0.2, 0.25) is 0 Å². The summed E-state index contributed by atoms with van der Waals surface area (Å²) in [6.45, 7) is 1.94.